The third-order valence-electron chi connectivity index (χ3n) is 4.37. The molecule has 0 atom stereocenters. The number of benzene rings is 1. The van der Waals surface area contributed by atoms with E-state index in [0.29, 0.717) is 23.7 Å². The molecule has 0 radical (unpaired) electrons. The quantitative estimate of drug-likeness (QED) is 0.558. The number of hydrogen-bond donors (Lipinski definition) is 1. The van der Waals surface area contributed by atoms with Gasteiger partial charge in [0.25, 0.3) is 5.91 Å². The molecule has 28 heavy (non-hydrogen) atoms. The molecule has 4 rings (SSSR count). The number of para-hydroxylation sites is 1. The van der Waals surface area contributed by atoms with Crippen LogP contribution in [-0.4, -0.2) is 37.6 Å². The Bertz CT molecular complexity index is 1130. The van der Waals surface area contributed by atoms with Crippen molar-refractivity contribution in [3.63, 3.8) is 0 Å². The maximum absolute atomic E-state index is 13.0. The van der Waals surface area contributed by atoms with Gasteiger partial charge in [0, 0.05) is 30.8 Å². The topological polar surface area (TPSA) is 86.9 Å². The standard InChI is InChI=1S/C20H20N6O2/c1-3-25-11-14(9-21-25)19-8-17(16-6-4-5-7-18(16)24-19)20(27)23-15-10-22-26(12-15)13-28-2/h4-12H,3,13H2,1-2H3,(H,23,27). The van der Waals surface area contributed by atoms with E-state index >= 15 is 0 Å². The number of rotatable bonds is 6. The van der Waals surface area contributed by atoms with Crippen molar-refractivity contribution in [3.05, 3.63) is 60.7 Å². The number of methoxy groups -OCH3 is 1. The third kappa shape index (κ3) is 3.49. The number of aryl methyl sites for hydroxylation is 1. The van der Waals surface area contributed by atoms with Crippen molar-refractivity contribution in [1.29, 1.82) is 0 Å². The van der Waals surface area contributed by atoms with Crippen LogP contribution in [0.4, 0.5) is 5.69 Å². The molecule has 1 N–H and O–H groups in total. The van der Waals surface area contributed by atoms with Gasteiger partial charge in [0.15, 0.2) is 0 Å². The van der Waals surface area contributed by atoms with Crippen LogP contribution in [0.3, 0.4) is 0 Å². The van der Waals surface area contributed by atoms with Gasteiger partial charge in [-0.1, -0.05) is 18.2 Å². The van der Waals surface area contributed by atoms with Gasteiger partial charge in [-0.15, -0.1) is 0 Å². The second-order valence-electron chi connectivity index (χ2n) is 6.30. The minimum absolute atomic E-state index is 0.222. The third-order valence-corrected chi connectivity index (χ3v) is 4.37. The van der Waals surface area contributed by atoms with E-state index in [2.05, 4.69) is 15.5 Å². The second kappa shape index (κ2) is 7.61. The van der Waals surface area contributed by atoms with Crippen LogP contribution in [0, 0.1) is 0 Å². The Morgan fingerprint density at radius 1 is 1.14 bits per heavy atom. The highest BCUT2D eigenvalue weighted by Crippen LogP contribution is 2.25. The number of pyridine rings is 1. The van der Waals surface area contributed by atoms with Crippen molar-refractivity contribution in [2.45, 2.75) is 20.2 Å². The molecule has 8 heteroatoms. The average molecular weight is 376 g/mol. The van der Waals surface area contributed by atoms with Crippen molar-refractivity contribution >= 4 is 22.5 Å². The molecule has 4 aromatic rings. The van der Waals surface area contributed by atoms with E-state index in [1.165, 1.54) is 0 Å². The average Bonchev–Trinajstić information content (AvgIpc) is 3.37. The number of aromatic nitrogens is 5. The number of nitrogens with one attached hydrogen (secondary N) is 1. The number of amides is 1. The van der Waals surface area contributed by atoms with E-state index in [4.69, 9.17) is 9.72 Å². The lowest BCUT2D eigenvalue weighted by atomic mass is 10.0. The van der Waals surface area contributed by atoms with E-state index in [1.54, 1.807) is 36.4 Å². The summed E-state index contributed by atoms with van der Waals surface area (Å²) in [6.45, 7) is 3.11. The summed E-state index contributed by atoms with van der Waals surface area (Å²) < 4.78 is 8.47. The number of hydrogen-bond acceptors (Lipinski definition) is 5. The highest BCUT2D eigenvalue weighted by atomic mass is 16.5. The summed E-state index contributed by atoms with van der Waals surface area (Å²) >= 11 is 0. The van der Waals surface area contributed by atoms with Crippen LogP contribution in [0.15, 0.2) is 55.1 Å². The first-order valence-electron chi connectivity index (χ1n) is 8.93. The van der Waals surface area contributed by atoms with Crippen molar-refractivity contribution in [2.75, 3.05) is 12.4 Å². The van der Waals surface area contributed by atoms with Crippen LogP contribution in [0.1, 0.15) is 17.3 Å². The van der Waals surface area contributed by atoms with Crippen LogP contribution < -0.4 is 5.32 Å². The molecule has 0 spiro atoms. The lowest BCUT2D eigenvalue weighted by Gasteiger charge is -2.09. The molecule has 3 aromatic heterocycles. The van der Waals surface area contributed by atoms with Gasteiger partial charge in [-0.2, -0.15) is 10.2 Å². The Morgan fingerprint density at radius 2 is 1.96 bits per heavy atom. The number of nitrogens with zero attached hydrogens (tertiary/aromatic N) is 5. The Kier molecular flexibility index (Phi) is 4.86. The zero-order valence-electron chi connectivity index (χ0n) is 15.7. The van der Waals surface area contributed by atoms with Gasteiger partial charge >= 0.3 is 0 Å². The summed E-state index contributed by atoms with van der Waals surface area (Å²) in [5.74, 6) is -0.222. The van der Waals surface area contributed by atoms with E-state index < -0.39 is 0 Å². The summed E-state index contributed by atoms with van der Waals surface area (Å²) in [4.78, 5) is 17.7. The predicted octanol–water partition coefficient (Wildman–Crippen LogP) is 3.17. The van der Waals surface area contributed by atoms with Crippen LogP contribution in [0.25, 0.3) is 22.2 Å². The van der Waals surface area contributed by atoms with Crippen LogP contribution in [0.5, 0.6) is 0 Å². The summed E-state index contributed by atoms with van der Waals surface area (Å²) in [7, 11) is 1.59. The van der Waals surface area contributed by atoms with Crippen molar-refractivity contribution in [1.82, 2.24) is 24.5 Å². The number of anilines is 1. The van der Waals surface area contributed by atoms with Crippen LogP contribution in [0.2, 0.25) is 0 Å². The van der Waals surface area contributed by atoms with Crippen molar-refractivity contribution in [3.8, 4) is 11.3 Å². The summed E-state index contributed by atoms with van der Waals surface area (Å²) in [5.41, 5.74) is 3.48. The van der Waals surface area contributed by atoms with Gasteiger partial charge in [-0.05, 0) is 19.1 Å². The normalized spacial score (nSPS) is 11.1. The molecule has 142 valence electrons. The first kappa shape index (κ1) is 17.9. The first-order chi connectivity index (χ1) is 13.7. The van der Waals surface area contributed by atoms with E-state index in [-0.39, 0.29) is 5.91 Å². The number of fused-ring (bicyclic) bond motifs is 1. The Morgan fingerprint density at radius 3 is 2.75 bits per heavy atom. The minimum atomic E-state index is -0.222. The molecule has 3 heterocycles. The smallest absolute Gasteiger partial charge is 0.256 e. The molecule has 0 saturated carbocycles. The maximum atomic E-state index is 13.0. The monoisotopic (exact) mass is 376 g/mol. The van der Waals surface area contributed by atoms with Gasteiger partial charge in [0.1, 0.15) is 6.73 Å². The number of carbonyl (C=O) groups excluding carboxylic acids is 1. The largest absolute Gasteiger partial charge is 0.362 e. The van der Waals surface area contributed by atoms with Gasteiger partial charge in [0.2, 0.25) is 0 Å². The maximum Gasteiger partial charge on any atom is 0.256 e. The molecular weight excluding hydrogens is 356 g/mol. The SMILES string of the molecule is CCn1cc(-c2cc(C(=O)Nc3cnn(COC)c3)c3ccccc3n2)cn1. The number of carbonyl (C=O) groups is 1. The zero-order valence-corrected chi connectivity index (χ0v) is 15.7. The molecule has 8 nitrogen and oxygen atoms in total. The van der Waals surface area contributed by atoms with Gasteiger partial charge in [-0.25, -0.2) is 9.67 Å². The Hall–Kier alpha value is -3.52. The van der Waals surface area contributed by atoms with Gasteiger partial charge in [0.05, 0.1) is 41.1 Å². The van der Waals surface area contributed by atoms with Crippen LogP contribution >= 0.6 is 0 Å². The van der Waals surface area contributed by atoms with Crippen molar-refractivity contribution in [2.24, 2.45) is 0 Å². The fourth-order valence-corrected chi connectivity index (χ4v) is 3.01. The summed E-state index contributed by atoms with van der Waals surface area (Å²) in [6, 6.07) is 9.40. The first-order valence-corrected chi connectivity index (χ1v) is 8.93. The predicted molar refractivity (Wildman–Crippen MR) is 106 cm³/mol. The molecule has 0 saturated heterocycles. The molecule has 1 aromatic carbocycles. The summed E-state index contributed by atoms with van der Waals surface area (Å²) in [5, 5.41) is 12.1. The number of ether oxygens (including phenoxy) is 1. The molecule has 0 aliphatic heterocycles. The molecule has 1 amide bonds. The minimum Gasteiger partial charge on any atom is -0.362 e. The van der Waals surface area contributed by atoms with E-state index in [9.17, 15) is 4.79 Å². The zero-order chi connectivity index (χ0) is 19.5. The molecule has 0 unspecified atom stereocenters. The van der Waals surface area contributed by atoms with Crippen LogP contribution in [-0.2, 0) is 18.0 Å². The molecule has 0 aliphatic rings. The molecule has 0 fully saturated rings. The fraction of sp³-hybridized carbons (Fsp3) is 0.200. The molecular formula is C20H20N6O2. The lowest BCUT2D eigenvalue weighted by Crippen LogP contribution is -2.12. The summed E-state index contributed by atoms with van der Waals surface area (Å²) in [6.07, 6.45) is 6.99. The molecule has 0 aliphatic carbocycles. The highest BCUT2D eigenvalue weighted by molar-refractivity contribution is 6.13. The fourth-order valence-electron chi connectivity index (χ4n) is 3.01. The molecule has 0 bridgehead atoms. The van der Waals surface area contributed by atoms with Gasteiger partial charge in [-0.3, -0.25) is 9.48 Å². The highest BCUT2D eigenvalue weighted by Gasteiger charge is 2.15. The Labute approximate surface area is 161 Å². The van der Waals surface area contributed by atoms with Crippen molar-refractivity contribution < 1.29 is 9.53 Å². The van der Waals surface area contributed by atoms with Gasteiger partial charge < -0.3 is 10.1 Å². The van der Waals surface area contributed by atoms with E-state index in [1.807, 2.05) is 42.1 Å². The van der Waals surface area contributed by atoms with E-state index in [0.717, 1.165) is 23.0 Å². The lowest BCUT2D eigenvalue weighted by molar-refractivity contribution is 0.102. The Balaban J connectivity index is 1.72. The second-order valence-corrected chi connectivity index (χ2v) is 6.30.